The maximum Gasteiger partial charge on any atom is 0.316 e. The first-order chi connectivity index (χ1) is 9.19. The highest BCUT2D eigenvalue weighted by Gasteiger charge is 2.21. The Kier molecular flexibility index (Phi) is 6.37. The minimum atomic E-state index is -0.461. The number of ether oxygens (including phenoxy) is 1. The lowest BCUT2D eigenvalue weighted by Gasteiger charge is -2.23. The van der Waals surface area contributed by atoms with Gasteiger partial charge < -0.3 is 10.5 Å². The van der Waals surface area contributed by atoms with E-state index >= 15 is 0 Å². The highest BCUT2D eigenvalue weighted by molar-refractivity contribution is 8.00. The van der Waals surface area contributed by atoms with Gasteiger partial charge in [0.2, 0.25) is 0 Å². The van der Waals surface area contributed by atoms with Gasteiger partial charge in [-0.3, -0.25) is 4.79 Å². The number of hydrogen-bond acceptors (Lipinski definition) is 4. The van der Waals surface area contributed by atoms with Crippen molar-refractivity contribution in [3.8, 4) is 0 Å². The SMILES string of the molecule is CC(N)C(SCC(=O)OC(C)(C)C)c1cccc(Cl)c1. The van der Waals surface area contributed by atoms with Crippen molar-refractivity contribution in [1.82, 2.24) is 0 Å². The van der Waals surface area contributed by atoms with Crippen LogP contribution in [0.5, 0.6) is 0 Å². The second-order valence-corrected chi connectivity index (χ2v) is 7.30. The van der Waals surface area contributed by atoms with Gasteiger partial charge in [-0.2, -0.15) is 0 Å². The van der Waals surface area contributed by atoms with Crippen molar-refractivity contribution in [3.05, 3.63) is 34.9 Å². The second-order valence-electron chi connectivity index (χ2n) is 5.73. The third-order valence-corrected chi connectivity index (χ3v) is 4.15. The number of carbonyl (C=O) groups excluding carboxylic acids is 1. The molecule has 5 heteroatoms. The summed E-state index contributed by atoms with van der Waals surface area (Å²) in [6.07, 6.45) is 0. The van der Waals surface area contributed by atoms with Crippen LogP contribution in [0.25, 0.3) is 0 Å². The topological polar surface area (TPSA) is 52.3 Å². The molecule has 3 nitrogen and oxygen atoms in total. The Morgan fingerprint density at radius 1 is 1.45 bits per heavy atom. The molecule has 1 aromatic carbocycles. The Balaban J connectivity index is 2.68. The highest BCUT2D eigenvalue weighted by atomic mass is 35.5. The molecule has 0 aliphatic carbocycles. The number of benzene rings is 1. The average Bonchev–Trinajstić information content (AvgIpc) is 2.26. The third-order valence-electron chi connectivity index (χ3n) is 2.46. The zero-order valence-corrected chi connectivity index (χ0v) is 13.9. The number of nitrogens with two attached hydrogens (primary N) is 1. The molecular formula is C15H22ClNO2S. The van der Waals surface area contributed by atoms with E-state index in [0.29, 0.717) is 5.02 Å². The fourth-order valence-electron chi connectivity index (χ4n) is 1.76. The van der Waals surface area contributed by atoms with Crippen LogP contribution in [0.3, 0.4) is 0 Å². The van der Waals surface area contributed by atoms with Gasteiger partial charge in [-0.05, 0) is 45.4 Å². The van der Waals surface area contributed by atoms with E-state index in [-0.39, 0.29) is 23.0 Å². The predicted octanol–water partition coefficient (Wildman–Crippen LogP) is 3.80. The number of esters is 1. The molecule has 2 atom stereocenters. The first-order valence-electron chi connectivity index (χ1n) is 6.53. The predicted molar refractivity (Wildman–Crippen MR) is 86.1 cm³/mol. The standard InChI is InChI=1S/C15H22ClNO2S/c1-10(17)14(11-6-5-7-12(16)8-11)20-9-13(18)19-15(2,3)4/h5-8,10,14H,9,17H2,1-4H3. The molecule has 2 N–H and O–H groups in total. The van der Waals surface area contributed by atoms with Gasteiger partial charge in [0.15, 0.2) is 0 Å². The van der Waals surface area contributed by atoms with Gasteiger partial charge in [0.05, 0.1) is 5.75 Å². The Morgan fingerprint density at radius 2 is 2.10 bits per heavy atom. The van der Waals surface area contributed by atoms with E-state index < -0.39 is 5.60 Å². The lowest BCUT2D eigenvalue weighted by molar-refractivity contribution is -0.151. The van der Waals surface area contributed by atoms with Crippen LogP contribution in [0.4, 0.5) is 0 Å². The molecule has 0 heterocycles. The van der Waals surface area contributed by atoms with Crippen LogP contribution >= 0.6 is 23.4 Å². The first-order valence-corrected chi connectivity index (χ1v) is 7.96. The fourth-order valence-corrected chi connectivity index (χ4v) is 2.98. The summed E-state index contributed by atoms with van der Waals surface area (Å²) in [7, 11) is 0. The minimum Gasteiger partial charge on any atom is -0.459 e. The monoisotopic (exact) mass is 315 g/mol. The molecular weight excluding hydrogens is 294 g/mol. The highest BCUT2D eigenvalue weighted by Crippen LogP contribution is 2.32. The van der Waals surface area contributed by atoms with Crippen molar-refractivity contribution in [2.24, 2.45) is 5.73 Å². The summed E-state index contributed by atoms with van der Waals surface area (Å²) in [6.45, 7) is 7.49. The molecule has 1 aromatic rings. The number of carbonyl (C=O) groups is 1. The normalized spacial score (nSPS) is 14.7. The van der Waals surface area contributed by atoms with Crippen molar-refractivity contribution in [3.63, 3.8) is 0 Å². The van der Waals surface area contributed by atoms with Crippen LogP contribution in [0.1, 0.15) is 38.5 Å². The van der Waals surface area contributed by atoms with Crippen LogP contribution in [-0.2, 0) is 9.53 Å². The molecule has 112 valence electrons. The van der Waals surface area contributed by atoms with Crippen LogP contribution in [-0.4, -0.2) is 23.4 Å². The summed E-state index contributed by atoms with van der Waals surface area (Å²) in [4.78, 5) is 11.8. The van der Waals surface area contributed by atoms with Crippen molar-refractivity contribution in [2.45, 2.75) is 44.6 Å². The Bertz CT molecular complexity index is 457. The molecule has 0 bridgehead atoms. The summed E-state index contributed by atoms with van der Waals surface area (Å²) in [5.74, 6) is 0.0471. The Hall–Kier alpha value is -0.710. The van der Waals surface area contributed by atoms with Crippen molar-refractivity contribution in [1.29, 1.82) is 0 Å². The smallest absolute Gasteiger partial charge is 0.316 e. The minimum absolute atomic E-state index is 0.0150. The van der Waals surface area contributed by atoms with Crippen molar-refractivity contribution < 1.29 is 9.53 Å². The summed E-state index contributed by atoms with van der Waals surface area (Å²) in [6, 6.07) is 7.49. The van der Waals surface area contributed by atoms with E-state index in [1.165, 1.54) is 11.8 Å². The number of halogens is 1. The molecule has 0 saturated carbocycles. The van der Waals surface area contributed by atoms with E-state index in [2.05, 4.69) is 0 Å². The molecule has 0 aliphatic rings. The lowest BCUT2D eigenvalue weighted by Crippen LogP contribution is -2.27. The van der Waals surface area contributed by atoms with Gasteiger partial charge in [0.1, 0.15) is 5.60 Å². The second kappa shape index (κ2) is 7.34. The number of rotatable bonds is 5. The van der Waals surface area contributed by atoms with E-state index in [0.717, 1.165) is 5.56 Å². The quantitative estimate of drug-likeness (QED) is 0.840. The zero-order valence-electron chi connectivity index (χ0n) is 12.4. The Morgan fingerprint density at radius 3 is 2.60 bits per heavy atom. The third kappa shape index (κ3) is 6.16. The van der Waals surface area contributed by atoms with Crippen molar-refractivity contribution >= 4 is 29.3 Å². The van der Waals surface area contributed by atoms with Crippen LogP contribution < -0.4 is 5.73 Å². The molecule has 0 saturated heterocycles. The Labute approximate surface area is 130 Å². The van der Waals surface area contributed by atoms with Crippen LogP contribution in [0.2, 0.25) is 5.02 Å². The van der Waals surface area contributed by atoms with Crippen LogP contribution in [0, 0.1) is 0 Å². The van der Waals surface area contributed by atoms with E-state index in [1.807, 2.05) is 52.0 Å². The molecule has 1 rings (SSSR count). The maximum atomic E-state index is 11.8. The lowest BCUT2D eigenvalue weighted by atomic mass is 10.1. The van der Waals surface area contributed by atoms with Gasteiger partial charge in [-0.15, -0.1) is 11.8 Å². The molecule has 20 heavy (non-hydrogen) atoms. The largest absolute Gasteiger partial charge is 0.459 e. The van der Waals surface area contributed by atoms with Gasteiger partial charge in [-0.25, -0.2) is 0 Å². The van der Waals surface area contributed by atoms with E-state index in [1.54, 1.807) is 0 Å². The molecule has 0 spiro atoms. The van der Waals surface area contributed by atoms with Gasteiger partial charge >= 0.3 is 5.97 Å². The zero-order chi connectivity index (χ0) is 15.3. The fraction of sp³-hybridized carbons (Fsp3) is 0.533. The first kappa shape index (κ1) is 17.3. The summed E-state index contributed by atoms with van der Waals surface area (Å²) in [5, 5.41) is 0.687. The molecule has 0 radical (unpaired) electrons. The van der Waals surface area contributed by atoms with E-state index in [9.17, 15) is 4.79 Å². The summed E-state index contributed by atoms with van der Waals surface area (Å²) in [5.41, 5.74) is 6.58. The molecule has 0 aliphatic heterocycles. The maximum absolute atomic E-state index is 11.8. The average molecular weight is 316 g/mol. The summed E-state index contributed by atoms with van der Waals surface area (Å²) < 4.78 is 5.30. The van der Waals surface area contributed by atoms with E-state index in [4.69, 9.17) is 22.1 Å². The van der Waals surface area contributed by atoms with Crippen LogP contribution in [0.15, 0.2) is 24.3 Å². The number of thioether (sulfide) groups is 1. The summed E-state index contributed by atoms with van der Waals surface area (Å²) >= 11 is 7.48. The number of hydrogen-bond donors (Lipinski definition) is 1. The van der Waals surface area contributed by atoms with Gasteiger partial charge in [-0.1, -0.05) is 23.7 Å². The molecule has 0 amide bonds. The van der Waals surface area contributed by atoms with Crippen molar-refractivity contribution in [2.75, 3.05) is 5.75 Å². The molecule has 0 fully saturated rings. The van der Waals surface area contributed by atoms with Gasteiger partial charge in [0.25, 0.3) is 0 Å². The molecule has 0 aromatic heterocycles. The van der Waals surface area contributed by atoms with Gasteiger partial charge in [0, 0.05) is 16.3 Å². The molecule has 2 unspecified atom stereocenters.